The molecule has 2 rings (SSSR count). The van der Waals surface area contributed by atoms with E-state index in [-0.39, 0.29) is 0 Å². The van der Waals surface area contributed by atoms with Crippen molar-refractivity contribution in [3.63, 3.8) is 0 Å². The molecule has 0 saturated heterocycles. The summed E-state index contributed by atoms with van der Waals surface area (Å²) in [6, 6.07) is 1.86. The third kappa shape index (κ3) is 2.34. The minimum Gasteiger partial charge on any atom is -0.396 e. The van der Waals surface area contributed by atoms with E-state index in [0.717, 1.165) is 22.8 Å². The molecule has 0 spiro atoms. The van der Waals surface area contributed by atoms with Crippen molar-refractivity contribution in [1.82, 2.24) is 4.98 Å². The molecule has 4 heteroatoms. The Hall–Kier alpha value is -0.770. The number of hydrogen-bond acceptors (Lipinski definition) is 3. The summed E-state index contributed by atoms with van der Waals surface area (Å²) in [5, 5.41) is 3.25. The van der Waals surface area contributed by atoms with Crippen molar-refractivity contribution < 1.29 is 0 Å². The first-order valence-corrected chi connectivity index (χ1v) is 5.20. The predicted molar refractivity (Wildman–Crippen MR) is 57.6 cm³/mol. The van der Waals surface area contributed by atoms with Gasteiger partial charge in [-0.2, -0.15) is 0 Å². The Labute approximate surface area is 85.9 Å². The van der Waals surface area contributed by atoms with Crippen LogP contribution in [0.3, 0.4) is 0 Å². The zero-order valence-corrected chi connectivity index (χ0v) is 8.84. The zero-order chi connectivity index (χ0) is 9.26. The van der Waals surface area contributed by atoms with Crippen LogP contribution in [0.25, 0.3) is 0 Å². The van der Waals surface area contributed by atoms with Gasteiger partial charge in [-0.05, 0) is 40.8 Å². The largest absolute Gasteiger partial charge is 0.396 e. The highest BCUT2D eigenvalue weighted by Crippen LogP contribution is 2.29. The number of hydrogen-bond donors (Lipinski definition) is 2. The van der Waals surface area contributed by atoms with E-state index in [2.05, 4.69) is 26.2 Å². The Morgan fingerprint density at radius 2 is 2.38 bits per heavy atom. The molecule has 3 nitrogen and oxygen atoms in total. The van der Waals surface area contributed by atoms with E-state index in [1.165, 1.54) is 12.8 Å². The first-order valence-electron chi connectivity index (χ1n) is 4.40. The topological polar surface area (TPSA) is 50.9 Å². The van der Waals surface area contributed by atoms with Gasteiger partial charge in [0, 0.05) is 17.2 Å². The van der Waals surface area contributed by atoms with Gasteiger partial charge in [-0.25, -0.2) is 4.98 Å². The molecular formula is C9H12BrN3. The first kappa shape index (κ1) is 8.81. The summed E-state index contributed by atoms with van der Waals surface area (Å²) in [5.74, 6) is 1.64. The summed E-state index contributed by atoms with van der Waals surface area (Å²) < 4.78 is 0.918. The Balaban J connectivity index is 2.01. The van der Waals surface area contributed by atoms with Gasteiger partial charge in [-0.15, -0.1) is 0 Å². The monoisotopic (exact) mass is 241 g/mol. The molecule has 1 aromatic rings. The Kier molecular flexibility index (Phi) is 2.40. The average molecular weight is 242 g/mol. The first-order chi connectivity index (χ1) is 6.25. The Bertz CT molecular complexity index is 310. The highest BCUT2D eigenvalue weighted by atomic mass is 79.9. The van der Waals surface area contributed by atoms with E-state index in [1.807, 2.05) is 6.07 Å². The molecule has 1 saturated carbocycles. The Morgan fingerprint density at radius 3 is 3.00 bits per heavy atom. The second kappa shape index (κ2) is 3.54. The number of pyridine rings is 1. The van der Waals surface area contributed by atoms with Crippen LogP contribution in [0, 0.1) is 5.92 Å². The molecule has 1 aromatic heterocycles. The second-order valence-electron chi connectivity index (χ2n) is 3.42. The van der Waals surface area contributed by atoms with E-state index in [4.69, 9.17) is 5.73 Å². The van der Waals surface area contributed by atoms with E-state index >= 15 is 0 Å². The maximum absolute atomic E-state index is 5.77. The summed E-state index contributed by atoms with van der Waals surface area (Å²) in [6.07, 6.45) is 4.43. The third-order valence-corrected chi connectivity index (χ3v) is 2.57. The number of aromatic nitrogens is 1. The molecule has 0 unspecified atom stereocenters. The van der Waals surface area contributed by atoms with Crippen molar-refractivity contribution >= 4 is 27.4 Å². The normalized spacial score (nSPS) is 15.8. The van der Waals surface area contributed by atoms with Gasteiger partial charge in [0.15, 0.2) is 0 Å². The molecule has 0 atom stereocenters. The molecule has 0 aliphatic heterocycles. The molecule has 0 radical (unpaired) electrons. The second-order valence-corrected chi connectivity index (χ2v) is 4.33. The zero-order valence-electron chi connectivity index (χ0n) is 7.26. The maximum atomic E-state index is 5.77. The van der Waals surface area contributed by atoms with Crippen molar-refractivity contribution in [2.45, 2.75) is 12.8 Å². The molecule has 0 bridgehead atoms. The van der Waals surface area contributed by atoms with Crippen LogP contribution in [0.5, 0.6) is 0 Å². The molecular weight excluding hydrogens is 230 g/mol. The lowest BCUT2D eigenvalue weighted by Crippen LogP contribution is -2.07. The minimum absolute atomic E-state index is 0.704. The van der Waals surface area contributed by atoms with Crippen LogP contribution in [-0.2, 0) is 0 Å². The predicted octanol–water partition coefficient (Wildman–Crippen LogP) is 2.25. The number of halogens is 1. The van der Waals surface area contributed by atoms with E-state index in [0.29, 0.717) is 5.69 Å². The van der Waals surface area contributed by atoms with Gasteiger partial charge in [-0.1, -0.05) is 0 Å². The average Bonchev–Trinajstić information content (AvgIpc) is 2.86. The lowest BCUT2D eigenvalue weighted by Gasteiger charge is -2.06. The summed E-state index contributed by atoms with van der Waals surface area (Å²) >= 11 is 3.32. The molecule has 3 N–H and O–H groups in total. The summed E-state index contributed by atoms with van der Waals surface area (Å²) in [6.45, 7) is 0.999. The van der Waals surface area contributed by atoms with Crippen LogP contribution in [0.4, 0.5) is 11.5 Å². The lowest BCUT2D eigenvalue weighted by atomic mass is 10.3. The molecule has 13 heavy (non-hydrogen) atoms. The fourth-order valence-electron chi connectivity index (χ4n) is 1.17. The molecule has 0 aromatic carbocycles. The number of nitrogens with zero attached hydrogens (tertiary/aromatic N) is 1. The molecule has 1 heterocycles. The third-order valence-electron chi connectivity index (χ3n) is 2.14. The fourth-order valence-corrected chi connectivity index (χ4v) is 1.51. The van der Waals surface area contributed by atoms with Gasteiger partial charge in [0.05, 0.1) is 5.69 Å². The number of rotatable bonds is 3. The SMILES string of the molecule is Nc1cc(Br)cnc1NCC1CC1. The van der Waals surface area contributed by atoms with Crippen molar-refractivity contribution in [1.29, 1.82) is 0 Å². The van der Waals surface area contributed by atoms with E-state index in [9.17, 15) is 0 Å². The smallest absolute Gasteiger partial charge is 0.149 e. The molecule has 1 aliphatic rings. The molecule has 0 amide bonds. The lowest BCUT2D eigenvalue weighted by molar-refractivity contribution is 0.883. The molecule has 1 fully saturated rings. The van der Waals surface area contributed by atoms with E-state index in [1.54, 1.807) is 6.20 Å². The van der Waals surface area contributed by atoms with Crippen molar-refractivity contribution in [3.05, 3.63) is 16.7 Å². The summed E-state index contributed by atoms with van der Waals surface area (Å²) in [7, 11) is 0. The number of anilines is 2. The number of nitrogen functional groups attached to an aromatic ring is 1. The van der Waals surface area contributed by atoms with Crippen LogP contribution in [0.15, 0.2) is 16.7 Å². The van der Waals surface area contributed by atoms with Crippen molar-refractivity contribution in [2.24, 2.45) is 5.92 Å². The van der Waals surface area contributed by atoms with Crippen LogP contribution < -0.4 is 11.1 Å². The molecule has 1 aliphatic carbocycles. The van der Waals surface area contributed by atoms with Gasteiger partial charge in [0.25, 0.3) is 0 Å². The minimum atomic E-state index is 0.704. The highest BCUT2D eigenvalue weighted by molar-refractivity contribution is 9.10. The summed E-state index contributed by atoms with van der Waals surface area (Å²) in [5.41, 5.74) is 6.48. The number of nitrogens with one attached hydrogen (secondary N) is 1. The maximum Gasteiger partial charge on any atom is 0.149 e. The summed E-state index contributed by atoms with van der Waals surface area (Å²) in [4.78, 5) is 4.19. The van der Waals surface area contributed by atoms with Crippen molar-refractivity contribution in [3.8, 4) is 0 Å². The molecule has 70 valence electrons. The highest BCUT2D eigenvalue weighted by Gasteiger charge is 2.20. The van der Waals surface area contributed by atoms with Crippen LogP contribution in [0.2, 0.25) is 0 Å². The van der Waals surface area contributed by atoms with E-state index < -0.39 is 0 Å². The van der Waals surface area contributed by atoms with Gasteiger partial charge < -0.3 is 11.1 Å². The fraction of sp³-hybridized carbons (Fsp3) is 0.444. The van der Waals surface area contributed by atoms with Crippen LogP contribution in [0.1, 0.15) is 12.8 Å². The Morgan fingerprint density at radius 1 is 1.62 bits per heavy atom. The van der Waals surface area contributed by atoms with Gasteiger partial charge in [0.1, 0.15) is 5.82 Å². The van der Waals surface area contributed by atoms with Gasteiger partial charge >= 0.3 is 0 Å². The van der Waals surface area contributed by atoms with Gasteiger partial charge in [0.2, 0.25) is 0 Å². The van der Waals surface area contributed by atoms with Crippen molar-refractivity contribution in [2.75, 3.05) is 17.6 Å². The van der Waals surface area contributed by atoms with Crippen LogP contribution >= 0.6 is 15.9 Å². The van der Waals surface area contributed by atoms with Gasteiger partial charge in [-0.3, -0.25) is 0 Å². The van der Waals surface area contributed by atoms with Crippen LogP contribution in [-0.4, -0.2) is 11.5 Å². The standard InChI is InChI=1S/C9H12BrN3/c10-7-3-8(11)9(13-5-7)12-4-6-1-2-6/h3,5-6H,1-2,4,11H2,(H,12,13). The quantitative estimate of drug-likeness (QED) is 0.854. The number of nitrogens with two attached hydrogens (primary N) is 1.